The Kier molecular flexibility index (Phi) is 11.4. The molecule has 8 rings (SSSR count). The summed E-state index contributed by atoms with van der Waals surface area (Å²) in [5.41, 5.74) is 5.00. The quantitative estimate of drug-likeness (QED) is 0.142. The molecule has 55 heavy (non-hydrogen) atoms. The minimum atomic E-state index is -4.45. The lowest BCUT2D eigenvalue weighted by molar-refractivity contribution is -0.138. The zero-order chi connectivity index (χ0) is 39.3. The van der Waals surface area contributed by atoms with Gasteiger partial charge in [0, 0.05) is 46.7 Å². The van der Waals surface area contributed by atoms with Crippen LogP contribution in [0.15, 0.2) is 96.2 Å². The summed E-state index contributed by atoms with van der Waals surface area (Å²) >= 11 is 4.89. The minimum absolute atomic E-state index is 0.0283. The molecule has 8 aromatic rings. The second kappa shape index (κ2) is 16.2. The molecule has 280 valence electrons. The standard InChI is InChI=1S/C17H9F3N4OS2.C14H7F3N2O2S.C3H4N2S/c18-17(19,20)10-3-1-2-9(8-10)14-23-12-11(4-5-21-15(12)27-14)13(25)24-16-22-6-7-26-16;15-14(16,17)8-3-1-2-7(6-8)11-19-10-9(13(20)21)4-5-18-12(10)22-11;4-3-5-1-2-6-3/h1-8H,(H,22,24,25);1-6H,(H,20,21);1-2H,(H2,4,5). The van der Waals surface area contributed by atoms with E-state index in [2.05, 4.69) is 35.2 Å². The molecule has 2 aromatic carbocycles. The first-order valence-electron chi connectivity index (χ1n) is 15.1. The number of carboxylic acids is 1. The fourth-order valence-electron chi connectivity index (χ4n) is 4.61. The highest BCUT2D eigenvalue weighted by atomic mass is 32.1. The number of nitrogens with zero attached hydrogens (tertiary/aromatic N) is 6. The molecule has 6 aromatic heterocycles. The smallest absolute Gasteiger partial charge is 0.416 e. The second-order valence-corrected chi connectivity index (χ2v) is 14.5. The highest BCUT2D eigenvalue weighted by molar-refractivity contribution is 7.21. The number of benzene rings is 2. The molecule has 1 amide bonds. The van der Waals surface area contributed by atoms with E-state index in [1.807, 2.05) is 5.38 Å². The molecule has 0 saturated heterocycles. The number of rotatable bonds is 5. The third-order valence-electron chi connectivity index (χ3n) is 7.05. The molecule has 0 unspecified atom stereocenters. The van der Waals surface area contributed by atoms with Crippen LogP contribution in [0, 0.1) is 0 Å². The number of pyridine rings is 2. The molecule has 0 aliphatic carbocycles. The Bertz CT molecular complexity index is 2590. The summed E-state index contributed by atoms with van der Waals surface area (Å²) < 4.78 is 77.1. The molecule has 0 bridgehead atoms. The van der Waals surface area contributed by atoms with E-state index in [4.69, 9.17) is 10.8 Å². The maximum atomic E-state index is 13.0. The monoisotopic (exact) mass is 830 g/mol. The van der Waals surface area contributed by atoms with Gasteiger partial charge in [0.25, 0.3) is 5.91 Å². The first-order valence-corrected chi connectivity index (χ1v) is 18.5. The molecule has 0 spiro atoms. The largest absolute Gasteiger partial charge is 0.478 e. The number of carbonyl (C=O) groups excluding carboxylic acids is 1. The van der Waals surface area contributed by atoms with Crippen LogP contribution in [0.1, 0.15) is 31.8 Å². The number of hydrogen-bond donors (Lipinski definition) is 3. The number of halogens is 6. The average molecular weight is 831 g/mol. The van der Waals surface area contributed by atoms with Crippen molar-refractivity contribution in [2.75, 3.05) is 11.1 Å². The van der Waals surface area contributed by atoms with Crippen LogP contribution in [-0.4, -0.2) is 46.9 Å². The van der Waals surface area contributed by atoms with Crippen molar-refractivity contribution >= 4 is 88.2 Å². The zero-order valence-corrected chi connectivity index (χ0v) is 30.4. The van der Waals surface area contributed by atoms with Gasteiger partial charge in [-0.15, -0.1) is 22.7 Å². The van der Waals surface area contributed by atoms with E-state index in [1.54, 1.807) is 23.8 Å². The number of amides is 1. The maximum Gasteiger partial charge on any atom is 0.416 e. The van der Waals surface area contributed by atoms with E-state index >= 15 is 0 Å². The van der Waals surface area contributed by atoms with Gasteiger partial charge < -0.3 is 10.8 Å². The lowest BCUT2D eigenvalue weighted by Gasteiger charge is -2.07. The topological polar surface area (TPSA) is 170 Å². The second-order valence-electron chi connectivity index (χ2n) is 10.7. The van der Waals surface area contributed by atoms with Crippen LogP contribution in [0.3, 0.4) is 0 Å². The van der Waals surface area contributed by atoms with Crippen molar-refractivity contribution in [3.63, 3.8) is 0 Å². The molecule has 0 aliphatic rings. The number of anilines is 2. The number of fused-ring (bicyclic) bond motifs is 2. The number of nitrogen functional groups attached to an aromatic ring is 1. The lowest BCUT2D eigenvalue weighted by atomic mass is 10.1. The Balaban J connectivity index is 0.000000165. The molecule has 0 atom stereocenters. The highest BCUT2D eigenvalue weighted by Crippen LogP contribution is 2.37. The Morgan fingerprint density at radius 1 is 0.655 bits per heavy atom. The van der Waals surface area contributed by atoms with Crippen LogP contribution in [0.2, 0.25) is 0 Å². The summed E-state index contributed by atoms with van der Waals surface area (Å²) in [5, 5.41) is 17.1. The predicted molar refractivity (Wildman–Crippen MR) is 199 cm³/mol. The molecule has 21 heteroatoms. The molecule has 6 heterocycles. The van der Waals surface area contributed by atoms with Gasteiger partial charge in [-0.25, -0.2) is 34.7 Å². The van der Waals surface area contributed by atoms with Gasteiger partial charge >= 0.3 is 18.3 Å². The number of aromatic nitrogens is 6. The molecular formula is C34H20F6N8O3S4. The van der Waals surface area contributed by atoms with Crippen molar-refractivity contribution in [2.45, 2.75) is 12.4 Å². The summed E-state index contributed by atoms with van der Waals surface area (Å²) in [7, 11) is 0. The van der Waals surface area contributed by atoms with Gasteiger partial charge in [-0.05, 0) is 36.4 Å². The van der Waals surface area contributed by atoms with Gasteiger partial charge in [0.05, 0.1) is 22.3 Å². The van der Waals surface area contributed by atoms with Gasteiger partial charge in [-0.2, -0.15) is 26.3 Å². The highest BCUT2D eigenvalue weighted by Gasteiger charge is 2.32. The van der Waals surface area contributed by atoms with Crippen LogP contribution < -0.4 is 11.1 Å². The summed E-state index contributed by atoms with van der Waals surface area (Å²) in [5.74, 6) is -1.56. The van der Waals surface area contributed by atoms with E-state index in [9.17, 15) is 35.9 Å². The SMILES string of the molecule is Nc1nccs1.O=C(Nc1nccs1)c1ccnc2sc(-c3cccc(C(F)(F)F)c3)nc12.O=C(O)c1ccnc2sc(-c3cccc(C(F)(F)F)c3)nc12. The van der Waals surface area contributed by atoms with Crippen molar-refractivity contribution in [1.82, 2.24) is 29.9 Å². The molecule has 0 aliphatic heterocycles. The van der Waals surface area contributed by atoms with E-state index in [0.29, 0.717) is 41.0 Å². The zero-order valence-electron chi connectivity index (χ0n) is 27.2. The maximum absolute atomic E-state index is 13.0. The number of alkyl halides is 6. The molecular weight excluding hydrogens is 811 g/mol. The van der Waals surface area contributed by atoms with Crippen LogP contribution in [0.4, 0.5) is 36.6 Å². The van der Waals surface area contributed by atoms with Crippen molar-refractivity contribution in [2.24, 2.45) is 0 Å². The van der Waals surface area contributed by atoms with Crippen LogP contribution >= 0.6 is 45.3 Å². The van der Waals surface area contributed by atoms with Gasteiger partial charge in [0.2, 0.25) is 0 Å². The van der Waals surface area contributed by atoms with Crippen LogP contribution in [-0.2, 0) is 12.4 Å². The number of nitrogens with two attached hydrogens (primary N) is 1. The summed E-state index contributed by atoms with van der Waals surface area (Å²) in [4.78, 5) is 48.9. The summed E-state index contributed by atoms with van der Waals surface area (Å²) in [6.45, 7) is 0. The fraction of sp³-hybridized carbons (Fsp3) is 0.0588. The lowest BCUT2D eigenvalue weighted by Crippen LogP contribution is -2.12. The minimum Gasteiger partial charge on any atom is -0.478 e. The number of carboxylic acid groups (broad SMARTS) is 1. The number of hydrogen-bond acceptors (Lipinski definition) is 13. The van der Waals surface area contributed by atoms with Gasteiger partial charge in [-0.1, -0.05) is 46.9 Å². The number of aromatic carboxylic acids is 1. The average Bonchev–Trinajstić information content (AvgIpc) is 3.99. The van der Waals surface area contributed by atoms with E-state index in [0.717, 1.165) is 46.9 Å². The molecule has 0 radical (unpaired) electrons. The molecule has 0 fully saturated rings. The Hall–Kier alpha value is -5.90. The van der Waals surface area contributed by atoms with Gasteiger partial charge in [0.15, 0.2) is 10.3 Å². The van der Waals surface area contributed by atoms with Crippen molar-refractivity contribution in [3.05, 3.63) is 118 Å². The number of carbonyl (C=O) groups is 2. The molecule has 0 saturated carbocycles. The number of nitrogens with one attached hydrogen (secondary N) is 1. The molecule has 11 nitrogen and oxygen atoms in total. The Labute approximate surface area is 320 Å². The Morgan fingerprint density at radius 3 is 1.60 bits per heavy atom. The molecule has 4 N–H and O–H groups in total. The Morgan fingerprint density at radius 2 is 1.16 bits per heavy atom. The third-order valence-corrected chi connectivity index (χ3v) is 10.4. The van der Waals surface area contributed by atoms with Crippen molar-refractivity contribution in [1.29, 1.82) is 0 Å². The van der Waals surface area contributed by atoms with Crippen LogP contribution in [0.5, 0.6) is 0 Å². The van der Waals surface area contributed by atoms with Crippen LogP contribution in [0.25, 0.3) is 41.8 Å². The fourth-order valence-corrected chi connectivity index (χ4v) is 7.38. The normalized spacial score (nSPS) is 11.4. The number of thiazole rings is 4. The first-order chi connectivity index (χ1) is 26.2. The van der Waals surface area contributed by atoms with Crippen molar-refractivity contribution < 1.29 is 41.0 Å². The van der Waals surface area contributed by atoms with E-state index in [1.165, 1.54) is 65.4 Å². The van der Waals surface area contributed by atoms with E-state index in [-0.39, 0.29) is 22.2 Å². The van der Waals surface area contributed by atoms with E-state index < -0.39 is 35.4 Å². The summed E-state index contributed by atoms with van der Waals surface area (Å²) in [6.07, 6.45) is -2.84. The van der Waals surface area contributed by atoms with Crippen molar-refractivity contribution in [3.8, 4) is 21.1 Å². The predicted octanol–water partition coefficient (Wildman–Crippen LogP) is 9.89. The van der Waals surface area contributed by atoms with Gasteiger partial charge in [-0.3, -0.25) is 10.1 Å². The first kappa shape index (κ1) is 38.8. The van der Waals surface area contributed by atoms with Gasteiger partial charge in [0.1, 0.15) is 30.7 Å². The third kappa shape index (κ3) is 9.43. The summed E-state index contributed by atoms with van der Waals surface area (Å²) in [6, 6.07) is 12.5.